The van der Waals surface area contributed by atoms with Crippen molar-refractivity contribution < 1.29 is 4.79 Å². The molecule has 0 aromatic heterocycles. The minimum absolute atomic E-state index is 0.106. The number of benzene rings is 1. The first kappa shape index (κ1) is 12.3. The molecular formula is C13H17ClO. The Balaban J connectivity index is 2.91. The lowest BCUT2D eigenvalue weighted by molar-refractivity contribution is 0.0923. The van der Waals surface area contributed by atoms with E-state index in [2.05, 4.69) is 6.92 Å². The number of ketones is 1. The van der Waals surface area contributed by atoms with Gasteiger partial charge in [-0.15, -0.1) is 0 Å². The van der Waals surface area contributed by atoms with Gasteiger partial charge in [0, 0.05) is 16.5 Å². The topological polar surface area (TPSA) is 17.1 Å². The fourth-order valence-corrected chi connectivity index (χ4v) is 1.96. The van der Waals surface area contributed by atoms with Crippen molar-refractivity contribution in [2.24, 2.45) is 5.92 Å². The van der Waals surface area contributed by atoms with Crippen molar-refractivity contribution in [2.45, 2.75) is 33.6 Å². The quantitative estimate of drug-likeness (QED) is 0.699. The molecule has 0 aliphatic heterocycles. The van der Waals surface area contributed by atoms with Gasteiger partial charge in [-0.1, -0.05) is 31.9 Å². The number of carbonyl (C=O) groups is 1. The van der Waals surface area contributed by atoms with E-state index in [-0.39, 0.29) is 11.7 Å². The van der Waals surface area contributed by atoms with Crippen LogP contribution in [0.15, 0.2) is 18.2 Å². The highest BCUT2D eigenvalue weighted by Crippen LogP contribution is 2.20. The molecule has 1 aromatic rings. The monoisotopic (exact) mass is 224 g/mol. The molecule has 0 N–H and O–H groups in total. The Morgan fingerprint density at radius 3 is 2.67 bits per heavy atom. The maximum absolute atomic E-state index is 12.0. The van der Waals surface area contributed by atoms with Crippen molar-refractivity contribution in [1.29, 1.82) is 0 Å². The van der Waals surface area contributed by atoms with Crippen LogP contribution in [0.25, 0.3) is 0 Å². The largest absolute Gasteiger partial charge is 0.294 e. The van der Waals surface area contributed by atoms with Crippen LogP contribution in [0.1, 0.15) is 42.6 Å². The van der Waals surface area contributed by atoms with Gasteiger partial charge >= 0.3 is 0 Å². The number of carbonyl (C=O) groups excluding carboxylic acids is 1. The number of hydrogen-bond donors (Lipinski definition) is 0. The third-order valence-electron chi connectivity index (χ3n) is 2.62. The molecule has 0 bridgehead atoms. The van der Waals surface area contributed by atoms with E-state index >= 15 is 0 Å². The summed E-state index contributed by atoms with van der Waals surface area (Å²) >= 11 is 5.85. The summed E-state index contributed by atoms with van der Waals surface area (Å²) in [5.41, 5.74) is 1.77. The maximum Gasteiger partial charge on any atom is 0.165 e. The predicted octanol–water partition coefficient (Wildman–Crippen LogP) is 4.27. The molecule has 1 nitrogen and oxygen atoms in total. The van der Waals surface area contributed by atoms with Crippen molar-refractivity contribution >= 4 is 17.4 Å². The summed E-state index contributed by atoms with van der Waals surface area (Å²) in [6.45, 7) is 6.01. The summed E-state index contributed by atoms with van der Waals surface area (Å²) in [4.78, 5) is 12.0. The van der Waals surface area contributed by atoms with Crippen LogP contribution in [-0.2, 0) is 0 Å². The number of hydrogen-bond acceptors (Lipinski definition) is 1. The van der Waals surface area contributed by atoms with Crippen LogP contribution >= 0.6 is 11.6 Å². The van der Waals surface area contributed by atoms with E-state index in [4.69, 9.17) is 11.6 Å². The molecule has 0 amide bonds. The molecule has 2 heteroatoms. The average molecular weight is 225 g/mol. The van der Waals surface area contributed by atoms with Crippen molar-refractivity contribution in [3.05, 3.63) is 34.3 Å². The maximum atomic E-state index is 12.0. The van der Waals surface area contributed by atoms with Gasteiger partial charge in [0.25, 0.3) is 0 Å². The molecule has 0 aliphatic rings. The van der Waals surface area contributed by atoms with Gasteiger partial charge in [0.05, 0.1) is 0 Å². The molecule has 1 atom stereocenters. The van der Waals surface area contributed by atoms with Gasteiger partial charge in [0.1, 0.15) is 0 Å². The second-order valence-corrected chi connectivity index (χ2v) is 4.45. The van der Waals surface area contributed by atoms with E-state index in [1.165, 1.54) is 0 Å². The lowest BCUT2D eigenvalue weighted by Gasteiger charge is -2.11. The fraction of sp³-hybridized carbons (Fsp3) is 0.462. The number of halogens is 1. The Labute approximate surface area is 96.5 Å². The summed E-state index contributed by atoms with van der Waals surface area (Å²) in [5, 5.41) is 0.687. The van der Waals surface area contributed by atoms with Crippen LogP contribution in [-0.4, -0.2) is 5.78 Å². The summed E-state index contributed by atoms with van der Waals surface area (Å²) in [5.74, 6) is 0.334. The van der Waals surface area contributed by atoms with Gasteiger partial charge < -0.3 is 0 Å². The third-order valence-corrected chi connectivity index (χ3v) is 2.86. The predicted molar refractivity (Wildman–Crippen MR) is 64.6 cm³/mol. The SMILES string of the molecule is CCCC(C)C(=O)c1ccc(Cl)cc1C. The summed E-state index contributed by atoms with van der Waals surface area (Å²) in [6.07, 6.45) is 1.99. The number of rotatable bonds is 4. The molecular weight excluding hydrogens is 208 g/mol. The Morgan fingerprint density at radius 2 is 2.13 bits per heavy atom. The molecule has 0 saturated heterocycles. The minimum atomic E-state index is 0.106. The standard InChI is InChI=1S/C13H17ClO/c1-4-5-9(2)13(15)12-7-6-11(14)8-10(12)3/h6-9H,4-5H2,1-3H3. The minimum Gasteiger partial charge on any atom is -0.294 e. The van der Waals surface area contributed by atoms with Gasteiger partial charge in [-0.2, -0.15) is 0 Å². The Hall–Kier alpha value is -0.820. The molecule has 0 saturated carbocycles. The highest BCUT2D eigenvalue weighted by atomic mass is 35.5. The zero-order valence-corrected chi connectivity index (χ0v) is 10.3. The van der Waals surface area contributed by atoms with Crippen molar-refractivity contribution in [3.63, 3.8) is 0 Å². The second kappa shape index (κ2) is 5.32. The van der Waals surface area contributed by atoms with Crippen molar-refractivity contribution in [2.75, 3.05) is 0 Å². The van der Waals surface area contributed by atoms with E-state index < -0.39 is 0 Å². The Kier molecular flexibility index (Phi) is 4.34. The summed E-state index contributed by atoms with van der Waals surface area (Å²) in [6, 6.07) is 5.44. The first-order chi connectivity index (χ1) is 7.06. The van der Waals surface area contributed by atoms with Crippen LogP contribution < -0.4 is 0 Å². The zero-order chi connectivity index (χ0) is 11.4. The number of aryl methyl sites for hydroxylation is 1. The van der Waals surface area contributed by atoms with Crippen molar-refractivity contribution in [1.82, 2.24) is 0 Å². The van der Waals surface area contributed by atoms with E-state index in [1.54, 1.807) is 6.07 Å². The third kappa shape index (κ3) is 3.07. The second-order valence-electron chi connectivity index (χ2n) is 4.01. The zero-order valence-electron chi connectivity index (χ0n) is 9.51. The highest BCUT2D eigenvalue weighted by molar-refractivity contribution is 6.30. The van der Waals surface area contributed by atoms with Gasteiger partial charge in [-0.25, -0.2) is 0 Å². The van der Waals surface area contributed by atoms with E-state index in [0.717, 1.165) is 24.0 Å². The first-order valence-corrected chi connectivity index (χ1v) is 5.74. The van der Waals surface area contributed by atoms with E-state index in [1.807, 2.05) is 26.0 Å². The van der Waals surface area contributed by atoms with Gasteiger partial charge in [0.2, 0.25) is 0 Å². The molecule has 1 unspecified atom stereocenters. The molecule has 15 heavy (non-hydrogen) atoms. The molecule has 1 rings (SSSR count). The molecule has 0 spiro atoms. The molecule has 82 valence electrons. The van der Waals surface area contributed by atoms with Crippen LogP contribution in [0, 0.1) is 12.8 Å². The smallest absolute Gasteiger partial charge is 0.165 e. The molecule has 0 radical (unpaired) electrons. The Bertz CT molecular complexity index is 358. The number of Topliss-reactive ketones (excluding diaryl/α,β-unsaturated/α-hetero) is 1. The van der Waals surface area contributed by atoms with E-state index in [9.17, 15) is 4.79 Å². The molecule has 0 aliphatic carbocycles. The fourth-order valence-electron chi connectivity index (χ4n) is 1.73. The van der Waals surface area contributed by atoms with Crippen molar-refractivity contribution in [3.8, 4) is 0 Å². The lowest BCUT2D eigenvalue weighted by Crippen LogP contribution is -2.12. The van der Waals surface area contributed by atoms with Crippen LogP contribution in [0.4, 0.5) is 0 Å². The van der Waals surface area contributed by atoms with Crippen LogP contribution in [0.2, 0.25) is 5.02 Å². The van der Waals surface area contributed by atoms with Gasteiger partial charge in [-0.05, 0) is 37.1 Å². The van der Waals surface area contributed by atoms with Crippen LogP contribution in [0.5, 0.6) is 0 Å². The molecule has 1 aromatic carbocycles. The molecule has 0 fully saturated rings. The summed E-state index contributed by atoms with van der Waals surface area (Å²) in [7, 11) is 0. The van der Waals surface area contributed by atoms with E-state index in [0.29, 0.717) is 5.02 Å². The van der Waals surface area contributed by atoms with Gasteiger partial charge in [-0.3, -0.25) is 4.79 Å². The summed E-state index contributed by atoms with van der Waals surface area (Å²) < 4.78 is 0. The lowest BCUT2D eigenvalue weighted by atomic mass is 9.93. The highest BCUT2D eigenvalue weighted by Gasteiger charge is 2.15. The van der Waals surface area contributed by atoms with Crippen LogP contribution in [0.3, 0.4) is 0 Å². The average Bonchev–Trinajstić information content (AvgIpc) is 2.17. The normalized spacial score (nSPS) is 12.5. The van der Waals surface area contributed by atoms with Gasteiger partial charge in [0.15, 0.2) is 5.78 Å². The first-order valence-electron chi connectivity index (χ1n) is 5.36. The Morgan fingerprint density at radius 1 is 1.47 bits per heavy atom. The molecule has 0 heterocycles.